The number of benzene rings is 1. The van der Waals surface area contributed by atoms with E-state index in [-0.39, 0.29) is 0 Å². The van der Waals surface area contributed by atoms with Crippen LogP contribution in [0.25, 0.3) is 0 Å². The second-order valence-electron chi connectivity index (χ2n) is 13.5. The number of hydrogen-bond donors (Lipinski definition) is 2. The van der Waals surface area contributed by atoms with Gasteiger partial charge in [0.1, 0.15) is 0 Å². The van der Waals surface area contributed by atoms with Gasteiger partial charge in [0.25, 0.3) is 0 Å². The fourth-order valence-corrected chi connectivity index (χ4v) is 10.6. The summed E-state index contributed by atoms with van der Waals surface area (Å²) in [7, 11) is 0. The highest BCUT2D eigenvalue weighted by molar-refractivity contribution is 5.48. The molecule has 2 aliphatic heterocycles. The molecule has 2 bridgehead atoms. The molecule has 0 aromatic heterocycles. The first-order valence-corrected chi connectivity index (χ1v) is 15.7. The highest BCUT2D eigenvalue weighted by Crippen LogP contribution is 2.56. The van der Waals surface area contributed by atoms with Crippen molar-refractivity contribution < 1.29 is 4.74 Å². The lowest BCUT2D eigenvalue weighted by atomic mass is 9.50. The predicted octanol–water partition coefficient (Wildman–Crippen LogP) is 6.11. The summed E-state index contributed by atoms with van der Waals surface area (Å²) in [6, 6.07) is 8.29. The topological polar surface area (TPSA) is 33.3 Å². The summed E-state index contributed by atoms with van der Waals surface area (Å²) < 4.78 is 6.40. The Hall–Kier alpha value is -1.42. The van der Waals surface area contributed by atoms with Crippen LogP contribution in [-0.4, -0.2) is 37.4 Å². The molecule has 11 atom stereocenters. The third-order valence-corrected chi connectivity index (χ3v) is 11.9. The predicted molar refractivity (Wildman–Crippen MR) is 152 cm³/mol. The van der Waals surface area contributed by atoms with Crippen LogP contribution in [0, 0.1) is 42.4 Å². The van der Waals surface area contributed by atoms with Gasteiger partial charge in [-0.15, -0.1) is 0 Å². The molecule has 7 aliphatic rings. The Balaban J connectivity index is 0.000000125. The summed E-state index contributed by atoms with van der Waals surface area (Å²) in [6.45, 7) is 9.32. The van der Waals surface area contributed by atoms with Gasteiger partial charge in [-0.05, 0) is 111 Å². The van der Waals surface area contributed by atoms with Crippen molar-refractivity contribution >= 4 is 0 Å². The molecule has 2 saturated heterocycles. The number of fused-ring (bicyclic) bond motifs is 1. The first-order chi connectivity index (χ1) is 18.1. The summed E-state index contributed by atoms with van der Waals surface area (Å²) >= 11 is 0. The summed E-state index contributed by atoms with van der Waals surface area (Å²) in [4.78, 5) is 0. The lowest BCUT2D eigenvalue weighted by Gasteiger charge is -2.57. The Kier molecular flexibility index (Phi) is 6.42. The van der Waals surface area contributed by atoms with E-state index < -0.39 is 0 Å². The Morgan fingerprint density at radius 3 is 2.86 bits per heavy atom. The molecule has 4 fully saturated rings. The van der Waals surface area contributed by atoms with E-state index in [1.165, 1.54) is 63.5 Å². The van der Waals surface area contributed by atoms with Gasteiger partial charge in [0.2, 0.25) is 0 Å². The number of hydrogen-bond acceptors (Lipinski definition) is 3. The minimum Gasteiger partial charge on any atom is -0.374 e. The molecule has 1 aromatic rings. The number of piperidine rings is 1. The van der Waals surface area contributed by atoms with Gasteiger partial charge < -0.3 is 15.4 Å². The number of allylic oxidation sites excluding steroid dienone is 1. The van der Waals surface area contributed by atoms with Crippen molar-refractivity contribution in [3.63, 3.8) is 0 Å². The fourth-order valence-electron chi connectivity index (χ4n) is 10.6. The molecule has 5 aliphatic carbocycles. The normalized spacial score (nSPS) is 46.2. The van der Waals surface area contributed by atoms with Crippen LogP contribution < -0.4 is 10.6 Å². The Morgan fingerprint density at radius 1 is 1.08 bits per heavy atom. The van der Waals surface area contributed by atoms with E-state index in [2.05, 4.69) is 73.9 Å². The maximum Gasteiger partial charge on any atom is 0.0651 e. The van der Waals surface area contributed by atoms with Crippen LogP contribution in [-0.2, 0) is 16.6 Å². The van der Waals surface area contributed by atoms with Crippen molar-refractivity contribution in [2.24, 2.45) is 35.5 Å². The zero-order chi connectivity index (χ0) is 25.1. The van der Waals surface area contributed by atoms with Crippen molar-refractivity contribution in [2.45, 2.75) is 102 Å². The van der Waals surface area contributed by atoms with Crippen LogP contribution in [0.5, 0.6) is 0 Å². The summed E-state index contributed by atoms with van der Waals surface area (Å²) in [5, 5.41) is 7.52. The lowest BCUT2D eigenvalue weighted by Crippen LogP contribution is -2.61. The van der Waals surface area contributed by atoms with E-state index in [0.717, 1.165) is 36.1 Å². The van der Waals surface area contributed by atoms with Crippen LogP contribution in [0.2, 0.25) is 0 Å². The van der Waals surface area contributed by atoms with Crippen LogP contribution in [0.1, 0.15) is 75.5 Å². The molecule has 0 amide bonds. The lowest BCUT2D eigenvalue weighted by molar-refractivity contribution is 0.00637. The third kappa shape index (κ3) is 3.78. The average molecular weight is 501 g/mol. The average Bonchev–Trinajstić information content (AvgIpc) is 3.29. The SMILES string of the molecule is CCNC1CC2CCCC3OC4CC=CC1C4C23.Cc1cccc2c1[C@]13CCN[C@H](C2)[C@@H]1C=CCC3C. The Morgan fingerprint density at radius 2 is 1.97 bits per heavy atom. The second-order valence-corrected chi connectivity index (χ2v) is 13.5. The molecular formula is C34H48N2O. The Labute approximate surface area is 224 Å². The molecular weight excluding hydrogens is 452 g/mol. The minimum atomic E-state index is 0.406. The number of ether oxygens (including phenoxy) is 1. The van der Waals surface area contributed by atoms with Gasteiger partial charge >= 0.3 is 0 Å². The molecule has 2 heterocycles. The van der Waals surface area contributed by atoms with Crippen LogP contribution in [0.4, 0.5) is 0 Å². The highest BCUT2D eigenvalue weighted by Gasteiger charge is 2.57. The summed E-state index contributed by atoms with van der Waals surface area (Å²) in [5.74, 6) is 4.86. The monoisotopic (exact) mass is 500 g/mol. The minimum absolute atomic E-state index is 0.406. The zero-order valence-electron chi connectivity index (χ0n) is 23.3. The van der Waals surface area contributed by atoms with Crippen molar-refractivity contribution in [1.29, 1.82) is 0 Å². The van der Waals surface area contributed by atoms with E-state index in [1.807, 2.05) is 0 Å². The number of rotatable bonds is 2. The molecule has 200 valence electrons. The number of nitrogens with one attached hydrogen (secondary N) is 2. The molecule has 37 heavy (non-hydrogen) atoms. The van der Waals surface area contributed by atoms with Crippen LogP contribution in [0.3, 0.4) is 0 Å². The molecule has 2 saturated carbocycles. The van der Waals surface area contributed by atoms with E-state index in [0.29, 0.717) is 35.6 Å². The molecule has 3 nitrogen and oxygen atoms in total. The largest absolute Gasteiger partial charge is 0.374 e. The Bertz CT molecular complexity index is 1060. The van der Waals surface area contributed by atoms with Gasteiger partial charge in [-0.3, -0.25) is 0 Å². The fraction of sp³-hybridized carbons (Fsp3) is 0.706. The molecule has 8 rings (SSSR count). The number of aryl methyl sites for hydroxylation is 1. The second kappa shape index (κ2) is 9.65. The van der Waals surface area contributed by atoms with Crippen LogP contribution in [0.15, 0.2) is 42.5 Å². The van der Waals surface area contributed by atoms with Gasteiger partial charge in [0, 0.05) is 23.4 Å². The first kappa shape index (κ1) is 24.6. The van der Waals surface area contributed by atoms with Gasteiger partial charge in [-0.2, -0.15) is 0 Å². The third-order valence-electron chi connectivity index (χ3n) is 11.9. The zero-order valence-corrected chi connectivity index (χ0v) is 23.3. The van der Waals surface area contributed by atoms with Gasteiger partial charge in [-0.25, -0.2) is 0 Å². The molecule has 3 heteroatoms. The molecule has 0 radical (unpaired) electrons. The summed E-state index contributed by atoms with van der Waals surface area (Å²) in [6.07, 6.45) is 21.5. The van der Waals surface area contributed by atoms with Crippen molar-refractivity contribution in [2.75, 3.05) is 13.1 Å². The molecule has 2 N–H and O–H groups in total. The standard InChI is InChI=1S/C18H23N.C16H25NO/c1-12-5-3-7-14-11-16-15-8-4-6-13(2)18(15,17(12)14)9-10-19-16;1-2-17-12-9-10-5-3-7-13-15(10)16-11(12)6-4-8-14(16)18-13/h3-5,7-8,13,15-16,19H,6,9-11H2,1-2H3;4,6,10-17H,2-3,5,7-9H2,1H3/t13?,15-,16+,18-;/m0./s1. The van der Waals surface area contributed by atoms with Crippen molar-refractivity contribution in [1.82, 2.24) is 10.6 Å². The maximum absolute atomic E-state index is 6.40. The molecule has 0 spiro atoms. The van der Waals surface area contributed by atoms with Gasteiger partial charge in [0.05, 0.1) is 12.2 Å². The summed E-state index contributed by atoms with van der Waals surface area (Å²) in [5.41, 5.74) is 5.24. The van der Waals surface area contributed by atoms with Gasteiger partial charge in [-0.1, -0.05) is 62.8 Å². The molecule has 1 aromatic carbocycles. The highest BCUT2D eigenvalue weighted by atomic mass is 16.5. The van der Waals surface area contributed by atoms with Crippen molar-refractivity contribution in [3.05, 3.63) is 59.2 Å². The van der Waals surface area contributed by atoms with E-state index >= 15 is 0 Å². The van der Waals surface area contributed by atoms with Gasteiger partial charge in [0.15, 0.2) is 0 Å². The maximum atomic E-state index is 6.40. The first-order valence-electron chi connectivity index (χ1n) is 15.7. The van der Waals surface area contributed by atoms with E-state index in [1.54, 1.807) is 11.1 Å². The molecule has 8 unspecified atom stereocenters. The van der Waals surface area contributed by atoms with E-state index in [9.17, 15) is 0 Å². The van der Waals surface area contributed by atoms with Crippen LogP contribution >= 0.6 is 0 Å². The smallest absolute Gasteiger partial charge is 0.0651 e. The van der Waals surface area contributed by atoms with Crippen molar-refractivity contribution in [3.8, 4) is 0 Å². The quantitative estimate of drug-likeness (QED) is 0.481. The van der Waals surface area contributed by atoms with E-state index in [4.69, 9.17) is 4.74 Å².